The number of amides is 1. The van der Waals surface area contributed by atoms with Gasteiger partial charge in [-0.05, 0) is 60.5 Å². The number of H-pyrrole nitrogens is 1. The van der Waals surface area contributed by atoms with Crippen LogP contribution in [0.5, 0.6) is 0 Å². The molecule has 44 heavy (non-hydrogen) atoms. The monoisotopic (exact) mass is 605 g/mol. The molecule has 9 heteroatoms. The van der Waals surface area contributed by atoms with Crippen LogP contribution in [0.15, 0.2) is 102 Å². The zero-order valence-electron chi connectivity index (χ0n) is 24.0. The van der Waals surface area contributed by atoms with Crippen molar-refractivity contribution in [3.63, 3.8) is 0 Å². The lowest BCUT2D eigenvalue weighted by atomic mass is 9.72. The number of halogens is 1. The maximum atomic E-state index is 14.6. The lowest BCUT2D eigenvalue weighted by molar-refractivity contribution is -0.144. The fourth-order valence-electron chi connectivity index (χ4n) is 5.98. The van der Waals surface area contributed by atoms with E-state index >= 15 is 0 Å². The molecule has 6 rings (SSSR count). The standard InChI is InChI=1S/C35H28ClN3O5/c1-20-12-17-27-24(18-20)28(34(42)39(27)19-21-8-4-3-5-9-21)29(32(40)22-13-15-23(36)16-14-22)30(35(43)44-2)31-33(41)38-26-11-7-6-10-25(26)37-31/h3-18,28-30H,19H2,1-2H3,(H,38,41). The van der Waals surface area contributed by atoms with Crippen LogP contribution in [-0.4, -0.2) is 34.7 Å². The van der Waals surface area contributed by atoms with E-state index in [0.717, 1.165) is 11.1 Å². The molecule has 8 nitrogen and oxygen atoms in total. The Morgan fingerprint density at radius 3 is 2.39 bits per heavy atom. The number of hydrogen-bond donors (Lipinski definition) is 1. The van der Waals surface area contributed by atoms with Gasteiger partial charge in [-0.25, -0.2) is 4.98 Å². The van der Waals surface area contributed by atoms with Crippen LogP contribution in [0.25, 0.3) is 11.0 Å². The van der Waals surface area contributed by atoms with Crippen molar-refractivity contribution < 1.29 is 19.1 Å². The fourth-order valence-corrected chi connectivity index (χ4v) is 6.10. The molecule has 1 N–H and O–H groups in total. The number of aromatic amines is 1. The molecule has 1 aromatic heterocycles. The Balaban J connectivity index is 1.58. The van der Waals surface area contributed by atoms with E-state index in [1.165, 1.54) is 7.11 Å². The number of hydrogen-bond acceptors (Lipinski definition) is 6. The zero-order chi connectivity index (χ0) is 31.0. The number of carbonyl (C=O) groups excluding carboxylic acids is 3. The Morgan fingerprint density at radius 2 is 1.66 bits per heavy atom. The van der Waals surface area contributed by atoms with Crippen molar-refractivity contribution in [3.8, 4) is 0 Å². The minimum Gasteiger partial charge on any atom is -0.468 e. The second-order valence-corrected chi connectivity index (χ2v) is 11.3. The molecule has 0 saturated heterocycles. The molecule has 1 amide bonds. The Hall–Kier alpha value is -5.08. The number of fused-ring (bicyclic) bond motifs is 2. The summed E-state index contributed by atoms with van der Waals surface area (Å²) in [6.07, 6.45) is 0. The van der Waals surface area contributed by atoms with Gasteiger partial charge in [-0.2, -0.15) is 0 Å². The van der Waals surface area contributed by atoms with Crippen molar-refractivity contribution in [2.45, 2.75) is 25.3 Å². The third kappa shape index (κ3) is 5.29. The molecule has 5 aromatic rings. The highest BCUT2D eigenvalue weighted by molar-refractivity contribution is 6.30. The van der Waals surface area contributed by atoms with Crippen molar-refractivity contribution >= 4 is 46.0 Å². The molecule has 3 unspecified atom stereocenters. The Bertz CT molecular complexity index is 1960. The molecular formula is C35H28ClN3O5. The molecule has 1 aliphatic rings. The summed E-state index contributed by atoms with van der Waals surface area (Å²) >= 11 is 6.13. The number of ketones is 1. The van der Waals surface area contributed by atoms with Crippen LogP contribution in [-0.2, 0) is 20.9 Å². The largest absolute Gasteiger partial charge is 0.468 e. The number of methoxy groups -OCH3 is 1. The number of esters is 1. The molecule has 3 atom stereocenters. The number of rotatable bonds is 8. The van der Waals surface area contributed by atoms with E-state index in [2.05, 4.69) is 9.97 Å². The maximum Gasteiger partial charge on any atom is 0.315 e. The number of aryl methyl sites for hydroxylation is 1. The van der Waals surface area contributed by atoms with E-state index in [4.69, 9.17) is 16.3 Å². The highest BCUT2D eigenvalue weighted by atomic mass is 35.5. The predicted octanol–water partition coefficient (Wildman–Crippen LogP) is 5.97. The van der Waals surface area contributed by atoms with E-state index in [1.54, 1.807) is 53.4 Å². The summed E-state index contributed by atoms with van der Waals surface area (Å²) in [4.78, 5) is 65.4. The number of anilines is 1. The van der Waals surface area contributed by atoms with Crippen LogP contribution in [0.1, 0.15) is 44.6 Å². The molecule has 2 heterocycles. The summed E-state index contributed by atoms with van der Waals surface area (Å²) in [5, 5.41) is 0.419. The molecule has 0 fully saturated rings. The molecule has 0 spiro atoms. The molecule has 0 saturated carbocycles. The third-order valence-electron chi connectivity index (χ3n) is 8.05. The quantitative estimate of drug-likeness (QED) is 0.172. The first-order valence-electron chi connectivity index (χ1n) is 14.1. The van der Waals surface area contributed by atoms with E-state index < -0.39 is 35.1 Å². The molecule has 0 aliphatic carbocycles. The van der Waals surface area contributed by atoms with Crippen molar-refractivity contribution in [3.05, 3.63) is 140 Å². The van der Waals surface area contributed by atoms with Crippen LogP contribution in [0.3, 0.4) is 0 Å². The first kappa shape index (κ1) is 29.0. The summed E-state index contributed by atoms with van der Waals surface area (Å²) in [7, 11) is 1.19. The first-order valence-corrected chi connectivity index (χ1v) is 14.5. The minimum absolute atomic E-state index is 0.202. The number of ether oxygens (including phenoxy) is 1. The van der Waals surface area contributed by atoms with Crippen molar-refractivity contribution in [2.75, 3.05) is 12.0 Å². The first-order chi connectivity index (χ1) is 21.3. The number of para-hydroxylation sites is 2. The molecule has 220 valence electrons. The maximum absolute atomic E-state index is 14.6. The van der Waals surface area contributed by atoms with Crippen molar-refractivity contribution in [1.29, 1.82) is 0 Å². The van der Waals surface area contributed by atoms with Gasteiger partial charge >= 0.3 is 5.97 Å². The molecule has 0 bridgehead atoms. The van der Waals surface area contributed by atoms with Gasteiger partial charge in [0.1, 0.15) is 11.6 Å². The fraction of sp³-hybridized carbons (Fsp3) is 0.171. The van der Waals surface area contributed by atoms with Gasteiger partial charge in [-0.1, -0.05) is 71.8 Å². The van der Waals surface area contributed by atoms with Gasteiger partial charge in [-0.3, -0.25) is 19.2 Å². The highest BCUT2D eigenvalue weighted by Crippen LogP contribution is 2.48. The number of nitrogens with zero attached hydrogens (tertiary/aromatic N) is 2. The van der Waals surface area contributed by atoms with E-state index in [1.807, 2.05) is 55.5 Å². The Kier molecular flexibility index (Phi) is 7.84. The summed E-state index contributed by atoms with van der Waals surface area (Å²) in [6.45, 7) is 2.15. The smallest absolute Gasteiger partial charge is 0.315 e. The van der Waals surface area contributed by atoms with Crippen LogP contribution in [0, 0.1) is 12.8 Å². The van der Waals surface area contributed by atoms with Gasteiger partial charge in [0.15, 0.2) is 5.78 Å². The Labute approximate surface area is 258 Å². The van der Waals surface area contributed by atoms with Gasteiger partial charge in [-0.15, -0.1) is 0 Å². The van der Waals surface area contributed by atoms with Crippen molar-refractivity contribution in [1.82, 2.24) is 9.97 Å². The number of carbonyl (C=O) groups is 3. The van der Waals surface area contributed by atoms with Crippen LogP contribution >= 0.6 is 11.6 Å². The normalized spacial score (nSPS) is 15.6. The SMILES string of the molecule is COC(=O)C(c1nc2ccccc2[nH]c1=O)C(C(=O)c1ccc(Cl)cc1)C1C(=O)N(Cc2ccccc2)c2ccc(C)cc21. The van der Waals surface area contributed by atoms with Gasteiger partial charge in [0.25, 0.3) is 5.56 Å². The van der Waals surface area contributed by atoms with Gasteiger partial charge < -0.3 is 14.6 Å². The number of Topliss-reactive ketones (excluding diaryl/α,β-unsaturated/α-hetero) is 1. The second kappa shape index (κ2) is 11.9. The Morgan fingerprint density at radius 1 is 0.955 bits per heavy atom. The summed E-state index contributed by atoms with van der Waals surface area (Å²) in [5.41, 5.74) is 3.26. The van der Waals surface area contributed by atoms with E-state index in [0.29, 0.717) is 27.3 Å². The minimum atomic E-state index is -1.50. The average Bonchev–Trinajstić information content (AvgIpc) is 3.29. The predicted molar refractivity (Wildman–Crippen MR) is 168 cm³/mol. The summed E-state index contributed by atoms with van der Waals surface area (Å²) in [6, 6.07) is 28.2. The highest BCUT2D eigenvalue weighted by Gasteiger charge is 2.51. The second-order valence-electron chi connectivity index (χ2n) is 10.8. The number of benzene rings is 4. The summed E-state index contributed by atoms with van der Waals surface area (Å²) < 4.78 is 5.22. The van der Waals surface area contributed by atoms with E-state index in [9.17, 15) is 19.2 Å². The van der Waals surface area contributed by atoms with Crippen LogP contribution in [0.4, 0.5) is 5.69 Å². The van der Waals surface area contributed by atoms with Crippen LogP contribution in [0.2, 0.25) is 5.02 Å². The molecular weight excluding hydrogens is 578 g/mol. The van der Waals surface area contributed by atoms with Gasteiger partial charge in [0.05, 0.1) is 36.5 Å². The number of nitrogens with one attached hydrogen (secondary N) is 1. The van der Waals surface area contributed by atoms with Gasteiger partial charge in [0, 0.05) is 16.3 Å². The zero-order valence-corrected chi connectivity index (χ0v) is 24.7. The lowest BCUT2D eigenvalue weighted by Crippen LogP contribution is -2.41. The molecule has 1 aliphatic heterocycles. The topological polar surface area (TPSA) is 109 Å². The third-order valence-corrected chi connectivity index (χ3v) is 8.30. The van der Waals surface area contributed by atoms with Crippen molar-refractivity contribution in [2.24, 2.45) is 5.92 Å². The lowest BCUT2D eigenvalue weighted by Gasteiger charge is -2.28. The molecule has 4 aromatic carbocycles. The molecule has 0 radical (unpaired) electrons. The number of aromatic nitrogens is 2. The summed E-state index contributed by atoms with van der Waals surface area (Å²) in [5.74, 6) is -5.72. The van der Waals surface area contributed by atoms with Gasteiger partial charge in [0.2, 0.25) is 5.91 Å². The van der Waals surface area contributed by atoms with E-state index in [-0.39, 0.29) is 23.7 Å². The average molecular weight is 606 g/mol. The van der Waals surface area contributed by atoms with Crippen LogP contribution < -0.4 is 10.5 Å².